The van der Waals surface area contributed by atoms with Gasteiger partial charge in [0.05, 0.1) is 34.9 Å². The van der Waals surface area contributed by atoms with Gasteiger partial charge in [-0.3, -0.25) is 9.00 Å². The number of fused-ring (bicyclic) bond motifs is 1. The first-order chi connectivity index (χ1) is 12.2. The number of anilines is 1. The molecule has 0 aliphatic carbocycles. The van der Waals surface area contributed by atoms with Crippen LogP contribution < -0.4 is 10.1 Å². The van der Waals surface area contributed by atoms with Crippen LogP contribution in [0, 0.1) is 0 Å². The Morgan fingerprint density at radius 1 is 1.28 bits per heavy atom. The van der Waals surface area contributed by atoms with Crippen molar-refractivity contribution in [2.75, 3.05) is 12.4 Å². The van der Waals surface area contributed by atoms with E-state index in [1.807, 2.05) is 35.7 Å². The molecule has 3 heterocycles. The minimum atomic E-state index is -0.964. The van der Waals surface area contributed by atoms with Crippen molar-refractivity contribution >= 4 is 33.9 Å². The van der Waals surface area contributed by atoms with Gasteiger partial charge in [0.15, 0.2) is 0 Å². The fourth-order valence-corrected chi connectivity index (χ4v) is 4.63. The lowest BCUT2D eigenvalue weighted by Gasteiger charge is -2.11. The number of thiophene rings is 1. The number of hydrogen-bond acceptors (Lipinski definition) is 5. The Balaban J connectivity index is 1.75. The second kappa shape index (κ2) is 6.45. The molecule has 0 saturated heterocycles. The molecule has 128 valence electrons. The number of nitrogens with one attached hydrogen (secondary N) is 1. The zero-order chi connectivity index (χ0) is 17.4. The summed E-state index contributed by atoms with van der Waals surface area (Å²) in [7, 11) is 0.646. The first-order valence-electron chi connectivity index (χ1n) is 7.60. The molecule has 1 N–H and O–H groups in total. The highest BCUT2D eigenvalue weighted by Crippen LogP contribution is 2.32. The Kier molecular flexibility index (Phi) is 4.14. The molecule has 0 bridgehead atoms. The van der Waals surface area contributed by atoms with Gasteiger partial charge in [0.2, 0.25) is 0 Å². The standard InChI is InChI=1S/C17H15N3O3S2/c1-23-12-6-4-11(5-7-12)20-16(13-9-25(22)10-14(13)19-20)18-17(21)15-3-2-8-24-15/h2-8H,9-10H2,1H3,(H,18,21)/t25-/m1/s1. The maximum absolute atomic E-state index is 12.5. The van der Waals surface area contributed by atoms with E-state index in [4.69, 9.17) is 4.74 Å². The number of amides is 1. The Bertz CT molecular complexity index is 946. The number of methoxy groups -OCH3 is 1. The van der Waals surface area contributed by atoms with E-state index < -0.39 is 10.8 Å². The average Bonchev–Trinajstić information content (AvgIpc) is 3.33. The molecule has 0 saturated carbocycles. The van der Waals surface area contributed by atoms with Crippen LogP contribution in [0.2, 0.25) is 0 Å². The summed E-state index contributed by atoms with van der Waals surface area (Å²) in [5.74, 6) is 1.97. The molecule has 0 unspecified atom stereocenters. The van der Waals surface area contributed by atoms with E-state index in [1.54, 1.807) is 17.9 Å². The fourth-order valence-electron chi connectivity index (χ4n) is 2.74. The average molecular weight is 373 g/mol. The third kappa shape index (κ3) is 2.98. The van der Waals surface area contributed by atoms with E-state index in [-0.39, 0.29) is 5.91 Å². The zero-order valence-corrected chi connectivity index (χ0v) is 15.0. The van der Waals surface area contributed by atoms with Gasteiger partial charge < -0.3 is 10.1 Å². The number of carbonyl (C=O) groups excluding carboxylic acids is 1. The Morgan fingerprint density at radius 2 is 2.08 bits per heavy atom. The lowest BCUT2D eigenvalue weighted by atomic mass is 10.2. The fraction of sp³-hybridized carbons (Fsp3) is 0.176. The predicted molar refractivity (Wildman–Crippen MR) is 97.9 cm³/mol. The molecule has 1 aromatic carbocycles. The SMILES string of the molecule is COc1ccc(-n2nc3c(c2NC(=O)c2cccs2)C[S@@](=O)C3)cc1. The molecule has 1 aliphatic heterocycles. The lowest BCUT2D eigenvalue weighted by molar-refractivity contribution is 0.102. The first kappa shape index (κ1) is 16.0. The molecular weight excluding hydrogens is 358 g/mol. The van der Waals surface area contributed by atoms with Crippen LogP contribution >= 0.6 is 11.3 Å². The monoisotopic (exact) mass is 373 g/mol. The third-order valence-corrected chi connectivity index (χ3v) is 6.04. The van der Waals surface area contributed by atoms with Crippen LogP contribution in [-0.4, -0.2) is 27.0 Å². The van der Waals surface area contributed by atoms with Gasteiger partial charge in [0, 0.05) is 16.4 Å². The number of nitrogens with zero attached hydrogens (tertiary/aromatic N) is 2. The van der Waals surface area contributed by atoms with E-state index in [2.05, 4.69) is 10.4 Å². The number of ether oxygens (including phenoxy) is 1. The van der Waals surface area contributed by atoms with Crippen LogP contribution in [0.15, 0.2) is 41.8 Å². The number of rotatable bonds is 4. The predicted octanol–water partition coefficient (Wildman–Crippen LogP) is 2.96. The van der Waals surface area contributed by atoms with Gasteiger partial charge in [-0.1, -0.05) is 6.07 Å². The molecular formula is C17H15N3O3S2. The lowest BCUT2D eigenvalue weighted by Crippen LogP contribution is -2.15. The molecule has 1 aliphatic rings. The molecule has 2 aromatic heterocycles. The highest BCUT2D eigenvalue weighted by molar-refractivity contribution is 7.83. The van der Waals surface area contributed by atoms with Crippen molar-refractivity contribution in [1.29, 1.82) is 0 Å². The maximum Gasteiger partial charge on any atom is 0.266 e. The molecule has 1 amide bonds. The Morgan fingerprint density at radius 3 is 2.76 bits per heavy atom. The van der Waals surface area contributed by atoms with Crippen LogP contribution in [-0.2, 0) is 22.3 Å². The van der Waals surface area contributed by atoms with Crippen molar-refractivity contribution in [3.05, 3.63) is 57.9 Å². The van der Waals surface area contributed by atoms with E-state index >= 15 is 0 Å². The van der Waals surface area contributed by atoms with E-state index in [0.717, 1.165) is 22.7 Å². The van der Waals surface area contributed by atoms with Gasteiger partial charge in [-0.2, -0.15) is 5.10 Å². The summed E-state index contributed by atoms with van der Waals surface area (Å²) in [6.45, 7) is 0. The van der Waals surface area contributed by atoms with Gasteiger partial charge >= 0.3 is 0 Å². The van der Waals surface area contributed by atoms with Crippen molar-refractivity contribution < 1.29 is 13.7 Å². The van der Waals surface area contributed by atoms with Crippen LogP contribution in [0.3, 0.4) is 0 Å². The number of hydrogen-bond donors (Lipinski definition) is 1. The summed E-state index contributed by atoms with van der Waals surface area (Å²) in [5, 5.41) is 9.38. The second-order valence-electron chi connectivity index (χ2n) is 5.54. The summed E-state index contributed by atoms with van der Waals surface area (Å²) in [6.07, 6.45) is 0. The summed E-state index contributed by atoms with van der Waals surface area (Å²) in [6, 6.07) is 11.0. The van der Waals surface area contributed by atoms with Crippen molar-refractivity contribution in [1.82, 2.24) is 9.78 Å². The molecule has 0 fully saturated rings. The summed E-state index contributed by atoms with van der Waals surface area (Å²) < 4.78 is 18.8. The summed E-state index contributed by atoms with van der Waals surface area (Å²) >= 11 is 1.38. The number of carbonyl (C=O) groups is 1. The quantitative estimate of drug-likeness (QED) is 0.763. The highest BCUT2D eigenvalue weighted by atomic mass is 32.2. The van der Waals surface area contributed by atoms with E-state index in [9.17, 15) is 9.00 Å². The van der Waals surface area contributed by atoms with Gasteiger partial charge in [0.25, 0.3) is 5.91 Å². The summed E-state index contributed by atoms with van der Waals surface area (Å²) in [5.41, 5.74) is 2.43. The highest BCUT2D eigenvalue weighted by Gasteiger charge is 2.28. The van der Waals surface area contributed by atoms with Crippen molar-refractivity contribution in [3.63, 3.8) is 0 Å². The van der Waals surface area contributed by atoms with Crippen molar-refractivity contribution in [2.24, 2.45) is 0 Å². The Hall–Kier alpha value is -2.45. The van der Waals surface area contributed by atoms with E-state index in [1.165, 1.54) is 11.3 Å². The molecule has 25 heavy (non-hydrogen) atoms. The molecule has 0 spiro atoms. The summed E-state index contributed by atoms with van der Waals surface area (Å²) in [4.78, 5) is 13.1. The van der Waals surface area contributed by atoms with Crippen LogP contribution in [0.1, 0.15) is 20.9 Å². The number of aromatic nitrogens is 2. The molecule has 1 atom stereocenters. The van der Waals surface area contributed by atoms with Gasteiger partial charge in [-0.25, -0.2) is 4.68 Å². The second-order valence-corrected chi connectivity index (χ2v) is 7.95. The van der Waals surface area contributed by atoms with Gasteiger partial charge in [0.1, 0.15) is 11.6 Å². The van der Waals surface area contributed by atoms with Gasteiger partial charge in [-0.05, 0) is 35.7 Å². The maximum atomic E-state index is 12.5. The number of benzene rings is 1. The van der Waals surface area contributed by atoms with Crippen LogP contribution in [0.4, 0.5) is 5.82 Å². The molecule has 3 aromatic rings. The van der Waals surface area contributed by atoms with Crippen LogP contribution in [0.5, 0.6) is 5.75 Å². The van der Waals surface area contributed by atoms with E-state index in [0.29, 0.717) is 22.2 Å². The van der Waals surface area contributed by atoms with Crippen LogP contribution in [0.25, 0.3) is 5.69 Å². The topological polar surface area (TPSA) is 73.2 Å². The molecule has 8 heteroatoms. The Labute approximate surface area is 150 Å². The van der Waals surface area contributed by atoms with Crippen molar-refractivity contribution in [2.45, 2.75) is 11.5 Å². The zero-order valence-electron chi connectivity index (χ0n) is 13.4. The normalized spacial score (nSPS) is 15.8. The van der Waals surface area contributed by atoms with Gasteiger partial charge in [-0.15, -0.1) is 11.3 Å². The molecule has 6 nitrogen and oxygen atoms in total. The van der Waals surface area contributed by atoms with Crippen molar-refractivity contribution in [3.8, 4) is 11.4 Å². The largest absolute Gasteiger partial charge is 0.497 e. The molecule has 0 radical (unpaired) electrons. The minimum absolute atomic E-state index is 0.190. The minimum Gasteiger partial charge on any atom is -0.497 e. The smallest absolute Gasteiger partial charge is 0.266 e. The molecule has 4 rings (SSSR count). The first-order valence-corrected chi connectivity index (χ1v) is 9.97. The third-order valence-electron chi connectivity index (χ3n) is 3.96.